The quantitative estimate of drug-likeness (QED) is 0.830. The van der Waals surface area contributed by atoms with E-state index >= 15 is 0 Å². The topological polar surface area (TPSA) is 63.8 Å². The van der Waals surface area contributed by atoms with E-state index in [0.717, 1.165) is 11.7 Å². The fourth-order valence-electron chi connectivity index (χ4n) is 1.29. The molecule has 1 aromatic heterocycles. The van der Waals surface area contributed by atoms with Crippen LogP contribution in [-0.4, -0.2) is 9.36 Å². The maximum Gasteiger partial charge on any atom is 0.233 e. The maximum atomic E-state index is 5.43. The summed E-state index contributed by atoms with van der Waals surface area (Å²) >= 11 is 1.28. The van der Waals surface area contributed by atoms with E-state index in [9.17, 15) is 0 Å². The van der Waals surface area contributed by atoms with Gasteiger partial charge < -0.3 is 11.1 Å². The van der Waals surface area contributed by atoms with E-state index in [2.05, 4.69) is 33.7 Å². The molecule has 0 unspecified atom stereocenters. The molecule has 1 aromatic carbocycles. The van der Waals surface area contributed by atoms with Crippen molar-refractivity contribution in [2.45, 2.75) is 13.5 Å². The summed E-state index contributed by atoms with van der Waals surface area (Å²) < 4.78 is 3.90. The van der Waals surface area contributed by atoms with Gasteiger partial charge in [-0.1, -0.05) is 24.3 Å². The van der Waals surface area contributed by atoms with E-state index in [4.69, 9.17) is 5.73 Å². The van der Waals surface area contributed by atoms with Crippen LogP contribution < -0.4 is 11.1 Å². The van der Waals surface area contributed by atoms with Gasteiger partial charge in [0.25, 0.3) is 0 Å². The third-order valence-electron chi connectivity index (χ3n) is 2.13. The monoisotopic (exact) mass is 220 g/mol. The zero-order valence-electron chi connectivity index (χ0n) is 8.40. The largest absolute Gasteiger partial charge is 0.367 e. The molecule has 0 fully saturated rings. The highest BCUT2D eigenvalue weighted by Gasteiger charge is 2.01. The smallest absolute Gasteiger partial charge is 0.233 e. The molecule has 0 saturated carbocycles. The van der Waals surface area contributed by atoms with Crippen LogP contribution in [0.1, 0.15) is 11.1 Å². The van der Waals surface area contributed by atoms with Crippen LogP contribution in [0.4, 0.5) is 11.1 Å². The molecule has 1 heterocycles. The third-order valence-corrected chi connectivity index (χ3v) is 2.82. The molecule has 5 heteroatoms. The number of hydrogen-bond donors (Lipinski definition) is 2. The Morgan fingerprint density at radius 2 is 2.20 bits per heavy atom. The number of anilines is 2. The van der Waals surface area contributed by atoms with Crippen LogP contribution in [0.5, 0.6) is 0 Å². The Morgan fingerprint density at radius 3 is 2.87 bits per heavy atom. The van der Waals surface area contributed by atoms with Gasteiger partial charge in [0, 0.05) is 18.1 Å². The second kappa shape index (κ2) is 4.27. The van der Waals surface area contributed by atoms with Crippen LogP contribution in [0.25, 0.3) is 0 Å². The van der Waals surface area contributed by atoms with Crippen molar-refractivity contribution in [2.75, 3.05) is 11.1 Å². The average molecular weight is 220 g/mol. The molecule has 0 amide bonds. The molecule has 2 aromatic rings. The molecule has 0 aliphatic rings. The molecule has 0 bridgehead atoms. The van der Waals surface area contributed by atoms with E-state index < -0.39 is 0 Å². The molecular weight excluding hydrogens is 208 g/mol. The van der Waals surface area contributed by atoms with Gasteiger partial charge in [-0.2, -0.15) is 9.36 Å². The molecule has 2 rings (SSSR count). The number of aryl methyl sites for hydroxylation is 1. The van der Waals surface area contributed by atoms with Gasteiger partial charge in [0.15, 0.2) is 0 Å². The molecule has 3 N–H and O–H groups in total. The average Bonchev–Trinajstić information content (AvgIpc) is 2.63. The number of rotatable bonds is 3. The second-order valence-corrected chi connectivity index (χ2v) is 3.99. The lowest BCUT2D eigenvalue weighted by atomic mass is 10.1. The number of nitrogens with one attached hydrogen (secondary N) is 1. The van der Waals surface area contributed by atoms with Crippen molar-refractivity contribution in [1.82, 2.24) is 9.36 Å². The van der Waals surface area contributed by atoms with Gasteiger partial charge in [0.1, 0.15) is 0 Å². The van der Waals surface area contributed by atoms with E-state index in [1.807, 2.05) is 12.1 Å². The highest BCUT2D eigenvalue weighted by Crippen LogP contribution is 2.14. The number of aromatic nitrogens is 2. The van der Waals surface area contributed by atoms with Crippen molar-refractivity contribution in [2.24, 2.45) is 0 Å². The van der Waals surface area contributed by atoms with Crippen molar-refractivity contribution in [3.63, 3.8) is 0 Å². The van der Waals surface area contributed by atoms with Crippen molar-refractivity contribution in [1.29, 1.82) is 0 Å². The normalized spacial score (nSPS) is 10.2. The van der Waals surface area contributed by atoms with Crippen LogP contribution in [0.15, 0.2) is 24.3 Å². The molecule has 0 radical (unpaired) electrons. The van der Waals surface area contributed by atoms with Crippen LogP contribution >= 0.6 is 11.5 Å². The lowest BCUT2D eigenvalue weighted by Crippen LogP contribution is -2.00. The third kappa shape index (κ3) is 2.44. The number of nitrogens with zero attached hydrogens (tertiary/aromatic N) is 2. The van der Waals surface area contributed by atoms with Gasteiger partial charge >= 0.3 is 0 Å². The van der Waals surface area contributed by atoms with Crippen molar-refractivity contribution in [3.8, 4) is 0 Å². The first kappa shape index (κ1) is 9.92. The Bertz CT molecular complexity index is 452. The predicted octanol–water partition coefficient (Wildman–Crippen LogP) is 2.04. The lowest BCUT2D eigenvalue weighted by Gasteiger charge is -2.05. The maximum absolute atomic E-state index is 5.43. The Morgan fingerprint density at radius 1 is 1.40 bits per heavy atom. The summed E-state index contributed by atoms with van der Waals surface area (Å²) in [6, 6.07) is 8.23. The summed E-state index contributed by atoms with van der Waals surface area (Å²) in [4.78, 5) is 4.03. The molecule has 78 valence electrons. The summed E-state index contributed by atoms with van der Waals surface area (Å²) in [5.74, 6) is 0.326. The van der Waals surface area contributed by atoms with Gasteiger partial charge in [-0.05, 0) is 18.1 Å². The first-order chi connectivity index (χ1) is 7.25. The summed E-state index contributed by atoms with van der Waals surface area (Å²) in [5, 5.41) is 3.95. The van der Waals surface area contributed by atoms with E-state index in [1.165, 1.54) is 22.7 Å². The van der Waals surface area contributed by atoms with Gasteiger partial charge in [-0.15, -0.1) is 0 Å². The minimum Gasteiger partial charge on any atom is -0.367 e. The van der Waals surface area contributed by atoms with E-state index in [1.54, 1.807) is 0 Å². The molecule has 0 spiro atoms. The van der Waals surface area contributed by atoms with Gasteiger partial charge in [-0.3, -0.25) is 0 Å². The molecule has 0 saturated heterocycles. The minimum absolute atomic E-state index is 0.326. The minimum atomic E-state index is 0.326. The number of nitrogen functional groups attached to an aromatic ring is 1. The van der Waals surface area contributed by atoms with Crippen molar-refractivity contribution < 1.29 is 0 Å². The molecular formula is C10H12N4S. The summed E-state index contributed by atoms with van der Waals surface area (Å²) in [5.41, 5.74) is 7.95. The SMILES string of the molecule is Cc1ccccc1CNc1nc(N)ns1. The summed E-state index contributed by atoms with van der Waals surface area (Å²) in [6.45, 7) is 2.84. The Hall–Kier alpha value is -1.62. The number of hydrogen-bond acceptors (Lipinski definition) is 5. The zero-order valence-corrected chi connectivity index (χ0v) is 9.21. The first-order valence-electron chi connectivity index (χ1n) is 4.63. The van der Waals surface area contributed by atoms with E-state index in [-0.39, 0.29) is 0 Å². The molecule has 0 atom stereocenters. The van der Waals surface area contributed by atoms with Crippen LogP contribution in [0.3, 0.4) is 0 Å². The summed E-state index contributed by atoms with van der Waals surface area (Å²) in [6.07, 6.45) is 0. The van der Waals surface area contributed by atoms with Crippen molar-refractivity contribution >= 4 is 22.6 Å². The highest BCUT2D eigenvalue weighted by atomic mass is 32.1. The van der Waals surface area contributed by atoms with E-state index in [0.29, 0.717) is 5.95 Å². The Kier molecular flexibility index (Phi) is 2.82. The Labute approximate surface area is 92.3 Å². The van der Waals surface area contributed by atoms with Gasteiger partial charge in [-0.25, -0.2) is 0 Å². The van der Waals surface area contributed by atoms with Gasteiger partial charge in [0.2, 0.25) is 11.1 Å². The van der Waals surface area contributed by atoms with Crippen LogP contribution in [-0.2, 0) is 6.54 Å². The lowest BCUT2D eigenvalue weighted by molar-refractivity contribution is 1.11. The molecule has 15 heavy (non-hydrogen) atoms. The second-order valence-electron chi connectivity index (χ2n) is 3.24. The predicted molar refractivity (Wildman–Crippen MR) is 62.8 cm³/mol. The fraction of sp³-hybridized carbons (Fsp3) is 0.200. The van der Waals surface area contributed by atoms with Crippen LogP contribution in [0, 0.1) is 6.92 Å². The van der Waals surface area contributed by atoms with Crippen molar-refractivity contribution in [3.05, 3.63) is 35.4 Å². The molecule has 0 aliphatic carbocycles. The molecule has 0 aliphatic heterocycles. The number of benzene rings is 1. The fourth-order valence-corrected chi connectivity index (χ4v) is 1.78. The van der Waals surface area contributed by atoms with Gasteiger partial charge in [0.05, 0.1) is 0 Å². The highest BCUT2D eigenvalue weighted by molar-refractivity contribution is 7.09. The molecule has 4 nitrogen and oxygen atoms in total. The first-order valence-corrected chi connectivity index (χ1v) is 5.40. The zero-order chi connectivity index (χ0) is 10.7. The number of nitrogens with two attached hydrogens (primary N) is 1. The Balaban J connectivity index is 2.02. The summed E-state index contributed by atoms with van der Waals surface area (Å²) in [7, 11) is 0. The standard InChI is InChI=1S/C10H12N4S/c1-7-4-2-3-5-8(7)6-12-10-13-9(11)14-15-10/h2-5H,6H2,1H3,(H3,11,12,13,14). The van der Waals surface area contributed by atoms with Crippen LogP contribution in [0.2, 0.25) is 0 Å².